The summed E-state index contributed by atoms with van der Waals surface area (Å²) in [6.45, 7) is 3.10. The lowest BCUT2D eigenvalue weighted by atomic mass is 10.2. The number of carbonyl (C=O) groups excluding carboxylic acids is 1. The minimum absolute atomic E-state index is 0.0814. The van der Waals surface area contributed by atoms with Crippen LogP contribution in [0, 0.1) is 0 Å². The molecule has 0 aliphatic rings. The van der Waals surface area contributed by atoms with Crippen molar-refractivity contribution in [3.63, 3.8) is 0 Å². The average Bonchev–Trinajstić information content (AvgIpc) is 2.18. The van der Waals surface area contributed by atoms with E-state index in [1.165, 1.54) is 0 Å². The smallest absolute Gasteiger partial charge is 0.219 e. The Hall–Kier alpha value is -0.620. The van der Waals surface area contributed by atoms with Crippen LogP contribution >= 0.6 is 0 Å². The number of sulfonamides is 1. The molecule has 1 amide bonds. The maximum absolute atomic E-state index is 11.2. The Bertz CT molecular complexity index is 288. The number of carbonyl (C=O) groups is 1. The third-order valence-corrected chi connectivity index (χ3v) is 2.78. The molecule has 0 saturated carbocycles. The van der Waals surface area contributed by atoms with Gasteiger partial charge in [0.1, 0.15) is 0 Å². The van der Waals surface area contributed by atoms with Gasteiger partial charge < -0.3 is 5.32 Å². The number of hydrogen-bond donors (Lipinski definition) is 2. The molecule has 0 bridgehead atoms. The first-order chi connectivity index (χ1) is 7.45. The van der Waals surface area contributed by atoms with Crippen LogP contribution in [0.25, 0.3) is 0 Å². The Morgan fingerprint density at radius 2 is 1.75 bits per heavy atom. The zero-order valence-electron chi connectivity index (χ0n) is 10.1. The summed E-state index contributed by atoms with van der Waals surface area (Å²) in [6, 6.07) is 0. The fourth-order valence-corrected chi connectivity index (χ4v) is 1.68. The molecular formula is C10H22N2O3S. The van der Waals surface area contributed by atoms with E-state index in [0.717, 1.165) is 31.9 Å². The second kappa shape index (κ2) is 8.52. The van der Waals surface area contributed by atoms with Crippen LogP contribution in [0.4, 0.5) is 0 Å². The average molecular weight is 250 g/mol. The molecule has 0 aromatic rings. The molecule has 0 aromatic carbocycles. The molecule has 0 heterocycles. The number of rotatable bonds is 9. The van der Waals surface area contributed by atoms with E-state index >= 15 is 0 Å². The van der Waals surface area contributed by atoms with Crippen LogP contribution < -0.4 is 10.0 Å². The lowest BCUT2D eigenvalue weighted by Crippen LogP contribution is -2.26. The van der Waals surface area contributed by atoms with E-state index in [-0.39, 0.29) is 5.91 Å². The molecule has 0 radical (unpaired) electrons. The van der Waals surface area contributed by atoms with Gasteiger partial charge >= 0.3 is 0 Å². The molecule has 0 spiro atoms. The van der Waals surface area contributed by atoms with Gasteiger partial charge in [-0.1, -0.05) is 13.3 Å². The van der Waals surface area contributed by atoms with Crippen LogP contribution in [-0.2, 0) is 14.8 Å². The fourth-order valence-electron chi connectivity index (χ4n) is 1.16. The van der Waals surface area contributed by atoms with Gasteiger partial charge in [-0.15, -0.1) is 0 Å². The van der Waals surface area contributed by atoms with Crippen LogP contribution in [0.15, 0.2) is 0 Å². The molecule has 0 fully saturated rings. The summed E-state index contributed by atoms with van der Waals surface area (Å²) in [5.74, 6) is 0.0814. The normalized spacial score (nSPS) is 11.4. The molecular weight excluding hydrogens is 228 g/mol. The van der Waals surface area contributed by atoms with Crippen LogP contribution in [0.5, 0.6) is 0 Å². The van der Waals surface area contributed by atoms with E-state index in [0.29, 0.717) is 19.5 Å². The molecule has 5 nitrogen and oxygen atoms in total. The topological polar surface area (TPSA) is 75.3 Å². The van der Waals surface area contributed by atoms with Gasteiger partial charge in [0.2, 0.25) is 15.9 Å². The highest BCUT2D eigenvalue weighted by molar-refractivity contribution is 7.88. The summed E-state index contributed by atoms with van der Waals surface area (Å²) in [5, 5.41) is 2.80. The third-order valence-electron chi connectivity index (χ3n) is 2.05. The van der Waals surface area contributed by atoms with Gasteiger partial charge in [0.05, 0.1) is 6.26 Å². The van der Waals surface area contributed by atoms with Crippen molar-refractivity contribution in [2.45, 2.75) is 39.0 Å². The van der Waals surface area contributed by atoms with Gasteiger partial charge in [-0.25, -0.2) is 13.1 Å². The van der Waals surface area contributed by atoms with Crippen molar-refractivity contribution >= 4 is 15.9 Å². The van der Waals surface area contributed by atoms with Crippen molar-refractivity contribution in [3.8, 4) is 0 Å². The summed E-state index contributed by atoms with van der Waals surface area (Å²) in [7, 11) is -3.08. The third kappa shape index (κ3) is 11.5. The molecule has 0 aliphatic heterocycles. The Morgan fingerprint density at radius 1 is 1.12 bits per heavy atom. The van der Waals surface area contributed by atoms with Crippen LogP contribution in [0.1, 0.15) is 39.0 Å². The fraction of sp³-hybridized carbons (Fsp3) is 0.900. The molecule has 0 unspecified atom stereocenters. The van der Waals surface area contributed by atoms with Crippen molar-refractivity contribution in [3.05, 3.63) is 0 Å². The summed E-state index contributed by atoms with van der Waals surface area (Å²) in [6.07, 6.45) is 5.19. The van der Waals surface area contributed by atoms with E-state index in [9.17, 15) is 13.2 Å². The van der Waals surface area contributed by atoms with Gasteiger partial charge in [0.25, 0.3) is 0 Å². The predicted molar refractivity (Wildman–Crippen MR) is 64.6 cm³/mol. The first-order valence-corrected chi connectivity index (χ1v) is 7.56. The van der Waals surface area contributed by atoms with Crippen molar-refractivity contribution in [1.82, 2.24) is 10.0 Å². The molecule has 2 N–H and O–H groups in total. The predicted octanol–water partition coefficient (Wildman–Crippen LogP) is 0.622. The van der Waals surface area contributed by atoms with Gasteiger partial charge in [-0.3, -0.25) is 4.79 Å². The Morgan fingerprint density at radius 3 is 2.31 bits per heavy atom. The first-order valence-electron chi connectivity index (χ1n) is 5.67. The maximum atomic E-state index is 11.2. The van der Waals surface area contributed by atoms with Crippen molar-refractivity contribution in [2.24, 2.45) is 0 Å². The van der Waals surface area contributed by atoms with E-state index in [1.54, 1.807) is 0 Å². The highest BCUT2D eigenvalue weighted by Gasteiger charge is 2.00. The van der Waals surface area contributed by atoms with Gasteiger partial charge in [-0.2, -0.15) is 0 Å². The number of unbranched alkanes of at least 4 members (excludes halogenated alkanes) is 2. The minimum atomic E-state index is -3.08. The zero-order valence-corrected chi connectivity index (χ0v) is 10.9. The summed E-state index contributed by atoms with van der Waals surface area (Å²) < 4.78 is 23.8. The zero-order chi connectivity index (χ0) is 12.4. The quantitative estimate of drug-likeness (QED) is 0.589. The second-order valence-corrected chi connectivity index (χ2v) is 5.66. The number of hydrogen-bond acceptors (Lipinski definition) is 3. The van der Waals surface area contributed by atoms with E-state index < -0.39 is 10.0 Å². The number of amides is 1. The molecule has 0 rings (SSSR count). The Kier molecular flexibility index (Phi) is 8.19. The Balaban J connectivity index is 3.30. The summed E-state index contributed by atoms with van der Waals surface area (Å²) >= 11 is 0. The first kappa shape index (κ1) is 15.4. The highest BCUT2D eigenvalue weighted by atomic mass is 32.2. The second-order valence-electron chi connectivity index (χ2n) is 3.83. The van der Waals surface area contributed by atoms with Crippen molar-refractivity contribution in [1.29, 1.82) is 0 Å². The lowest BCUT2D eigenvalue weighted by Gasteiger charge is -2.05. The van der Waals surface area contributed by atoms with Crippen LogP contribution in [-0.4, -0.2) is 33.7 Å². The minimum Gasteiger partial charge on any atom is -0.356 e. The molecule has 0 atom stereocenters. The molecule has 96 valence electrons. The van der Waals surface area contributed by atoms with Gasteiger partial charge in [0, 0.05) is 19.5 Å². The van der Waals surface area contributed by atoms with E-state index in [1.807, 2.05) is 6.92 Å². The van der Waals surface area contributed by atoms with Crippen LogP contribution in [0.3, 0.4) is 0 Å². The lowest BCUT2D eigenvalue weighted by molar-refractivity contribution is -0.121. The van der Waals surface area contributed by atoms with Gasteiger partial charge in [-0.05, 0) is 19.3 Å². The summed E-state index contributed by atoms with van der Waals surface area (Å²) in [5.41, 5.74) is 0. The van der Waals surface area contributed by atoms with E-state index in [4.69, 9.17) is 0 Å². The molecule has 0 aliphatic carbocycles. The summed E-state index contributed by atoms with van der Waals surface area (Å²) in [4.78, 5) is 11.2. The van der Waals surface area contributed by atoms with E-state index in [2.05, 4.69) is 10.0 Å². The van der Waals surface area contributed by atoms with Crippen molar-refractivity contribution in [2.75, 3.05) is 19.3 Å². The molecule has 0 saturated heterocycles. The van der Waals surface area contributed by atoms with Crippen molar-refractivity contribution < 1.29 is 13.2 Å². The maximum Gasteiger partial charge on any atom is 0.219 e. The Labute approximate surface area is 98.0 Å². The SMILES string of the molecule is CCCCC(=O)NCCCCNS(C)(=O)=O. The van der Waals surface area contributed by atoms with Crippen LogP contribution in [0.2, 0.25) is 0 Å². The van der Waals surface area contributed by atoms with Gasteiger partial charge in [0.15, 0.2) is 0 Å². The number of nitrogens with one attached hydrogen (secondary N) is 2. The molecule has 6 heteroatoms. The molecule has 0 aromatic heterocycles. The monoisotopic (exact) mass is 250 g/mol. The standard InChI is InChI=1S/C10H22N2O3S/c1-3-4-7-10(13)11-8-5-6-9-12-16(2,14)15/h12H,3-9H2,1-2H3,(H,11,13). The highest BCUT2D eigenvalue weighted by Crippen LogP contribution is 1.93. The largest absolute Gasteiger partial charge is 0.356 e. The molecule has 16 heavy (non-hydrogen) atoms.